The Labute approximate surface area is 362 Å². The zero-order valence-electron chi connectivity index (χ0n) is 34.0. The molecule has 0 amide bonds. The van der Waals surface area contributed by atoms with Gasteiger partial charge in [0.05, 0.1) is 33.5 Å². The van der Waals surface area contributed by atoms with E-state index in [0.717, 1.165) is 94.6 Å². The van der Waals surface area contributed by atoms with Gasteiger partial charge in [0, 0.05) is 60.4 Å². The second kappa shape index (κ2) is 14.0. The van der Waals surface area contributed by atoms with E-state index in [-0.39, 0.29) is 0 Å². The van der Waals surface area contributed by atoms with Gasteiger partial charge in [-0.1, -0.05) is 152 Å². The molecule has 0 aliphatic carbocycles. The van der Waals surface area contributed by atoms with Gasteiger partial charge in [-0.25, -0.2) is 9.97 Å². The summed E-state index contributed by atoms with van der Waals surface area (Å²) in [7, 11) is 0. The van der Waals surface area contributed by atoms with Crippen LogP contribution in [0.2, 0.25) is 0 Å². The molecule has 0 aliphatic heterocycles. The van der Waals surface area contributed by atoms with Crippen molar-refractivity contribution in [2.75, 3.05) is 0 Å². The summed E-state index contributed by atoms with van der Waals surface area (Å²) in [6, 6.07) is 77.4. The predicted octanol–water partition coefficient (Wildman–Crippen LogP) is 15.2. The van der Waals surface area contributed by atoms with Gasteiger partial charge < -0.3 is 13.6 Å². The van der Waals surface area contributed by atoms with Gasteiger partial charge in [-0.3, -0.25) is 0 Å². The number of hydrogen-bond donors (Lipinski definition) is 0. The molecule has 63 heavy (non-hydrogen) atoms. The van der Waals surface area contributed by atoms with Gasteiger partial charge in [0.2, 0.25) is 0 Å². The Hall–Kier alpha value is -8.54. The summed E-state index contributed by atoms with van der Waals surface area (Å²) in [5.74, 6) is 0.650. The molecule has 0 unspecified atom stereocenters. The molecule has 0 fully saturated rings. The Bertz CT molecular complexity index is 3670. The van der Waals surface area contributed by atoms with Crippen molar-refractivity contribution < 1.29 is 4.42 Å². The van der Waals surface area contributed by atoms with Crippen molar-refractivity contribution in [3.8, 4) is 56.4 Å². The van der Waals surface area contributed by atoms with Crippen molar-refractivity contribution in [3.05, 3.63) is 218 Å². The Morgan fingerprint density at radius 2 is 0.714 bits per heavy atom. The first-order valence-electron chi connectivity index (χ1n) is 21.3. The highest BCUT2D eigenvalue weighted by Gasteiger charge is 2.19. The number of rotatable bonds is 6. The fourth-order valence-corrected chi connectivity index (χ4v) is 9.60. The molecule has 0 radical (unpaired) electrons. The van der Waals surface area contributed by atoms with Crippen LogP contribution in [0.4, 0.5) is 0 Å². The molecule has 5 heteroatoms. The van der Waals surface area contributed by atoms with Crippen LogP contribution in [0.25, 0.3) is 122 Å². The molecule has 13 rings (SSSR count). The van der Waals surface area contributed by atoms with E-state index in [1.54, 1.807) is 0 Å². The van der Waals surface area contributed by atoms with E-state index >= 15 is 0 Å². The molecule has 0 N–H and O–H groups in total. The molecule has 0 saturated carbocycles. The van der Waals surface area contributed by atoms with Gasteiger partial charge in [0.1, 0.15) is 11.2 Å². The van der Waals surface area contributed by atoms with Crippen molar-refractivity contribution in [3.63, 3.8) is 0 Å². The van der Waals surface area contributed by atoms with Crippen LogP contribution in [0.5, 0.6) is 0 Å². The summed E-state index contributed by atoms with van der Waals surface area (Å²) in [5.41, 5.74) is 15.3. The van der Waals surface area contributed by atoms with Crippen LogP contribution < -0.4 is 0 Å². The Morgan fingerprint density at radius 1 is 0.286 bits per heavy atom. The third-order valence-corrected chi connectivity index (χ3v) is 12.5. The van der Waals surface area contributed by atoms with E-state index < -0.39 is 0 Å². The lowest BCUT2D eigenvalue weighted by atomic mass is 10.00. The van der Waals surface area contributed by atoms with Gasteiger partial charge >= 0.3 is 0 Å². The van der Waals surface area contributed by atoms with Gasteiger partial charge in [-0.05, 0) is 77.9 Å². The summed E-state index contributed by atoms with van der Waals surface area (Å²) >= 11 is 0. The van der Waals surface area contributed by atoms with E-state index in [2.05, 4.69) is 209 Å². The minimum atomic E-state index is 0.650. The van der Waals surface area contributed by atoms with E-state index in [9.17, 15) is 0 Å². The quantitative estimate of drug-likeness (QED) is 0.168. The van der Waals surface area contributed by atoms with Crippen LogP contribution in [0, 0.1) is 0 Å². The number of para-hydroxylation sites is 5. The van der Waals surface area contributed by atoms with Crippen LogP contribution in [0.15, 0.2) is 223 Å². The van der Waals surface area contributed by atoms with Crippen LogP contribution in [0.1, 0.15) is 0 Å². The third-order valence-electron chi connectivity index (χ3n) is 12.5. The normalized spacial score (nSPS) is 11.8. The third kappa shape index (κ3) is 5.71. The van der Waals surface area contributed by atoms with Gasteiger partial charge in [-0.2, -0.15) is 0 Å². The van der Waals surface area contributed by atoms with E-state index in [4.69, 9.17) is 14.4 Å². The lowest BCUT2D eigenvalue weighted by molar-refractivity contribution is 0.669. The lowest BCUT2D eigenvalue weighted by Crippen LogP contribution is -2.02. The van der Waals surface area contributed by atoms with Crippen molar-refractivity contribution in [2.45, 2.75) is 0 Å². The zero-order chi connectivity index (χ0) is 41.4. The molecule has 0 saturated heterocycles. The summed E-state index contributed by atoms with van der Waals surface area (Å²) in [6.07, 6.45) is 0. The second-order valence-electron chi connectivity index (χ2n) is 16.2. The van der Waals surface area contributed by atoms with Gasteiger partial charge in [-0.15, -0.1) is 0 Å². The average Bonchev–Trinajstić information content (AvgIpc) is 4.02. The minimum absolute atomic E-state index is 0.650. The Balaban J connectivity index is 1.02. The molecular weight excluding hydrogens is 769 g/mol. The maximum atomic E-state index is 6.13. The molecule has 294 valence electrons. The summed E-state index contributed by atoms with van der Waals surface area (Å²) in [5, 5.41) is 7.08. The number of fused-ring (bicyclic) bond motifs is 9. The van der Waals surface area contributed by atoms with Crippen molar-refractivity contribution in [2.24, 2.45) is 0 Å². The highest BCUT2D eigenvalue weighted by molar-refractivity contribution is 6.11. The van der Waals surface area contributed by atoms with E-state index in [0.29, 0.717) is 5.82 Å². The SMILES string of the molecule is c1ccc(-c2cc(-c3ccc(-c4ccc5oc6ccccc6c5c4)cc3)nc(-c3cc(-n4c5ccccc5c5ccccc54)cc(-n4c5ccccc5c5ccccc54)c3)n2)cc1. The fraction of sp³-hybridized carbons (Fsp3) is 0. The monoisotopic (exact) mass is 804 g/mol. The molecule has 0 bridgehead atoms. The first kappa shape index (κ1) is 35.2. The topological polar surface area (TPSA) is 48.8 Å². The molecule has 5 nitrogen and oxygen atoms in total. The van der Waals surface area contributed by atoms with E-state index in [1.165, 1.54) is 21.5 Å². The maximum absolute atomic E-state index is 6.13. The molecule has 13 aromatic rings. The average molecular weight is 805 g/mol. The number of aromatic nitrogens is 4. The van der Waals surface area contributed by atoms with Crippen LogP contribution in [-0.2, 0) is 0 Å². The molecule has 0 atom stereocenters. The highest BCUT2D eigenvalue weighted by Crippen LogP contribution is 2.39. The molecule has 9 aromatic carbocycles. The van der Waals surface area contributed by atoms with Gasteiger partial charge in [0.25, 0.3) is 0 Å². The van der Waals surface area contributed by atoms with Crippen molar-refractivity contribution in [1.82, 2.24) is 19.1 Å². The smallest absolute Gasteiger partial charge is 0.160 e. The van der Waals surface area contributed by atoms with Crippen molar-refractivity contribution >= 4 is 65.6 Å². The van der Waals surface area contributed by atoms with Gasteiger partial charge in [0.15, 0.2) is 5.82 Å². The van der Waals surface area contributed by atoms with Crippen LogP contribution in [-0.4, -0.2) is 19.1 Å². The Morgan fingerprint density at radius 3 is 1.27 bits per heavy atom. The number of furan rings is 1. The minimum Gasteiger partial charge on any atom is -0.456 e. The number of nitrogens with zero attached hydrogens (tertiary/aromatic N) is 4. The van der Waals surface area contributed by atoms with E-state index in [1.807, 2.05) is 18.2 Å². The largest absolute Gasteiger partial charge is 0.456 e. The Kier molecular flexibility index (Phi) is 7.84. The summed E-state index contributed by atoms with van der Waals surface area (Å²) < 4.78 is 10.9. The number of hydrogen-bond acceptors (Lipinski definition) is 3. The lowest BCUT2D eigenvalue weighted by Gasteiger charge is -2.16. The summed E-state index contributed by atoms with van der Waals surface area (Å²) in [4.78, 5) is 10.8. The van der Waals surface area contributed by atoms with Crippen LogP contribution >= 0.6 is 0 Å². The summed E-state index contributed by atoms with van der Waals surface area (Å²) in [6.45, 7) is 0. The van der Waals surface area contributed by atoms with Crippen LogP contribution in [0.3, 0.4) is 0 Å². The number of benzene rings is 9. The first-order chi connectivity index (χ1) is 31.2. The van der Waals surface area contributed by atoms with Crippen molar-refractivity contribution in [1.29, 1.82) is 0 Å². The molecule has 0 spiro atoms. The molecule has 0 aliphatic rings. The molecule has 4 aromatic heterocycles. The maximum Gasteiger partial charge on any atom is 0.160 e. The molecular formula is C58H36N4O. The second-order valence-corrected chi connectivity index (χ2v) is 16.2. The first-order valence-corrected chi connectivity index (χ1v) is 21.3. The fourth-order valence-electron chi connectivity index (χ4n) is 9.60. The highest BCUT2D eigenvalue weighted by atomic mass is 16.3. The predicted molar refractivity (Wildman–Crippen MR) is 260 cm³/mol. The standard InChI is InChI=1S/C58H36N4O/c1-2-14-38(15-3-1)50-36-51(39-28-26-37(27-29-39)40-30-31-57-49(34-40)48-20-8-13-25-56(48)63-57)60-58(59-50)41-32-42(61-52-21-9-4-16-44(52)45-17-5-10-22-53(45)61)35-43(33-41)62-54-23-11-6-18-46(54)47-19-7-12-24-55(47)62/h1-36H. The molecule has 4 heterocycles. The zero-order valence-corrected chi connectivity index (χ0v) is 34.0.